The van der Waals surface area contributed by atoms with Gasteiger partial charge in [0.15, 0.2) is 0 Å². The van der Waals surface area contributed by atoms with Crippen molar-refractivity contribution < 1.29 is 19.4 Å². The highest BCUT2D eigenvalue weighted by Crippen LogP contribution is 2.15. The van der Waals surface area contributed by atoms with Crippen LogP contribution in [0.4, 0.5) is 9.59 Å². The molecule has 1 unspecified atom stereocenters. The molecule has 1 heterocycles. The summed E-state index contributed by atoms with van der Waals surface area (Å²) >= 11 is 0. The third kappa shape index (κ3) is 3.51. The molecular weight excluding hydrogens is 224 g/mol. The monoisotopic (exact) mass is 244 g/mol. The van der Waals surface area contributed by atoms with Crippen LogP contribution in [0.15, 0.2) is 0 Å². The summed E-state index contributed by atoms with van der Waals surface area (Å²) in [5.41, 5.74) is 0. The van der Waals surface area contributed by atoms with Gasteiger partial charge >= 0.3 is 12.2 Å². The predicted molar refractivity (Wildman–Crippen MR) is 62.0 cm³/mol. The Hall–Kier alpha value is -1.46. The quantitative estimate of drug-likeness (QED) is 0.818. The number of carbonyl (C=O) groups is 2. The third-order valence-corrected chi connectivity index (χ3v) is 2.88. The minimum absolute atomic E-state index is 0.115. The van der Waals surface area contributed by atoms with E-state index in [2.05, 4.69) is 0 Å². The Bertz CT molecular complexity index is 283. The van der Waals surface area contributed by atoms with E-state index >= 15 is 0 Å². The number of carbonyl (C=O) groups excluding carboxylic acids is 1. The van der Waals surface area contributed by atoms with Crippen molar-refractivity contribution in [3.8, 4) is 0 Å². The minimum atomic E-state index is -0.910. The average Bonchev–Trinajstić information content (AvgIpc) is 2.29. The fourth-order valence-electron chi connectivity index (χ4n) is 2.07. The van der Waals surface area contributed by atoms with Crippen molar-refractivity contribution in [2.75, 3.05) is 26.2 Å². The summed E-state index contributed by atoms with van der Waals surface area (Å²) in [4.78, 5) is 25.6. The molecule has 2 amide bonds. The van der Waals surface area contributed by atoms with E-state index in [4.69, 9.17) is 9.84 Å². The number of carboxylic acid groups (broad SMARTS) is 1. The smallest absolute Gasteiger partial charge is 0.409 e. The van der Waals surface area contributed by atoms with Crippen molar-refractivity contribution in [1.29, 1.82) is 0 Å². The van der Waals surface area contributed by atoms with Gasteiger partial charge in [0, 0.05) is 19.6 Å². The fraction of sp³-hybridized carbons (Fsp3) is 0.818. The molecule has 0 radical (unpaired) electrons. The fourth-order valence-corrected chi connectivity index (χ4v) is 2.07. The number of piperazine rings is 1. The van der Waals surface area contributed by atoms with Gasteiger partial charge < -0.3 is 19.6 Å². The van der Waals surface area contributed by atoms with Crippen molar-refractivity contribution in [3.63, 3.8) is 0 Å². The molecule has 1 aliphatic heterocycles. The zero-order chi connectivity index (χ0) is 12.8. The molecule has 0 aliphatic carbocycles. The highest BCUT2D eigenvalue weighted by Gasteiger charge is 2.32. The number of amides is 2. The third-order valence-electron chi connectivity index (χ3n) is 2.88. The van der Waals surface area contributed by atoms with Gasteiger partial charge in [0.05, 0.1) is 12.6 Å². The van der Waals surface area contributed by atoms with Crippen LogP contribution in [0.25, 0.3) is 0 Å². The summed E-state index contributed by atoms with van der Waals surface area (Å²) in [6, 6.07) is -0.115. The van der Waals surface area contributed by atoms with Crippen LogP contribution < -0.4 is 0 Å². The molecule has 6 heteroatoms. The summed E-state index contributed by atoms with van der Waals surface area (Å²) in [6.45, 7) is 5.30. The Morgan fingerprint density at radius 1 is 1.35 bits per heavy atom. The molecule has 1 saturated heterocycles. The van der Waals surface area contributed by atoms with Crippen molar-refractivity contribution in [2.45, 2.75) is 32.7 Å². The second kappa shape index (κ2) is 6.32. The van der Waals surface area contributed by atoms with E-state index in [0.29, 0.717) is 26.2 Å². The average molecular weight is 244 g/mol. The maximum Gasteiger partial charge on any atom is 0.409 e. The van der Waals surface area contributed by atoms with Crippen LogP contribution in [0.2, 0.25) is 0 Å². The normalized spacial score (nSPS) is 20.2. The highest BCUT2D eigenvalue weighted by molar-refractivity contribution is 5.69. The van der Waals surface area contributed by atoms with Gasteiger partial charge in [-0.2, -0.15) is 0 Å². The molecule has 6 nitrogen and oxygen atoms in total. The van der Waals surface area contributed by atoms with Gasteiger partial charge in [-0.3, -0.25) is 0 Å². The molecule has 1 fully saturated rings. The van der Waals surface area contributed by atoms with Crippen LogP contribution >= 0.6 is 0 Å². The number of rotatable bonds is 3. The number of hydrogen-bond acceptors (Lipinski definition) is 3. The molecule has 17 heavy (non-hydrogen) atoms. The zero-order valence-corrected chi connectivity index (χ0v) is 10.4. The number of nitrogens with zero attached hydrogens (tertiary/aromatic N) is 2. The summed E-state index contributed by atoms with van der Waals surface area (Å²) < 4.78 is 4.92. The standard InChI is InChI=1S/C11H20N2O4/c1-3-5-9-8-12(11(16)17-4-2)6-7-13(9)10(14)15/h9H,3-8H2,1-2H3,(H,14,15). The molecule has 0 bridgehead atoms. The van der Waals surface area contributed by atoms with Gasteiger partial charge in [-0.15, -0.1) is 0 Å². The predicted octanol–water partition coefficient (Wildman–Crippen LogP) is 1.61. The molecule has 0 saturated carbocycles. The maximum absolute atomic E-state index is 11.6. The molecule has 1 atom stereocenters. The van der Waals surface area contributed by atoms with Crippen LogP contribution in [0.1, 0.15) is 26.7 Å². The molecular formula is C11H20N2O4. The molecule has 0 aromatic carbocycles. The molecule has 1 rings (SSSR count). The lowest BCUT2D eigenvalue weighted by atomic mass is 10.1. The van der Waals surface area contributed by atoms with Gasteiger partial charge in [-0.1, -0.05) is 13.3 Å². The Morgan fingerprint density at radius 2 is 2.06 bits per heavy atom. The first-order valence-corrected chi connectivity index (χ1v) is 6.01. The lowest BCUT2D eigenvalue weighted by molar-refractivity contribution is 0.0487. The van der Waals surface area contributed by atoms with Crippen molar-refractivity contribution in [1.82, 2.24) is 9.80 Å². The van der Waals surface area contributed by atoms with Gasteiger partial charge in [0.2, 0.25) is 0 Å². The van der Waals surface area contributed by atoms with E-state index in [1.165, 1.54) is 4.90 Å². The van der Waals surface area contributed by atoms with E-state index in [9.17, 15) is 9.59 Å². The lowest BCUT2D eigenvalue weighted by Gasteiger charge is -2.39. The van der Waals surface area contributed by atoms with Gasteiger partial charge in [-0.05, 0) is 13.3 Å². The minimum Gasteiger partial charge on any atom is -0.465 e. The Balaban J connectivity index is 2.61. The van der Waals surface area contributed by atoms with Gasteiger partial charge in [0.1, 0.15) is 0 Å². The topological polar surface area (TPSA) is 70.1 Å². The Labute approximate surface area is 101 Å². The largest absolute Gasteiger partial charge is 0.465 e. The summed E-state index contributed by atoms with van der Waals surface area (Å²) in [6.07, 6.45) is 0.401. The first kappa shape index (κ1) is 13.6. The zero-order valence-electron chi connectivity index (χ0n) is 10.4. The summed E-state index contributed by atoms with van der Waals surface area (Å²) in [5.74, 6) is 0. The molecule has 1 aliphatic rings. The SMILES string of the molecule is CCCC1CN(C(=O)OCC)CCN1C(=O)O. The first-order chi connectivity index (χ1) is 8.10. The Kier molecular flexibility index (Phi) is 5.06. The molecule has 0 aromatic heterocycles. The summed E-state index contributed by atoms with van der Waals surface area (Å²) in [5, 5.41) is 9.05. The molecule has 1 N–H and O–H groups in total. The van der Waals surface area contributed by atoms with E-state index in [1.807, 2.05) is 6.92 Å². The maximum atomic E-state index is 11.6. The first-order valence-electron chi connectivity index (χ1n) is 6.01. The van der Waals surface area contributed by atoms with Crippen molar-refractivity contribution in [3.05, 3.63) is 0 Å². The van der Waals surface area contributed by atoms with E-state index in [1.54, 1.807) is 11.8 Å². The van der Waals surface area contributed by atoms with Crippen molar-refractivity contribution in [2.24, 2.45) is 0 Å². The van der Waals surface area contributed by atoms with Crippen LogP contribution in [-0.2, 0) is 4.74 Å². The highest BCUT2D eigenvalue weighted by atomic mass is 16.6. The van der Waals surface area contributed by atoms with Crippen LogP contribution in [0.5, 0.6) is 0 Å². The van der Waals surface area contributed by atoms with E-state index in [-0.39, 0.29) is 12.1 Å². The van der Waals surface area contributed by atoms with Gasteiger partial charge in [-0.25, -0.2) is 9.59 Å². The number of ether oxygens (including phenoxy) is 1. The number of hydrogen-bond donors (Lipinski definition) is 1. The van der Waals surface area contributed by atoms with Gasteiger partial charge in [0.25, 0.3) is 0 Å². The summed E-state index contributed by atoms with van der Waals surface area (Å²) in [7, 11) is 0. The van der Waals surface area contributed by atoms with E-state index < -0.39 is 6.09 Å². The van der Waals surface area contributed by atoms with Crippen LogP contribution in [0, 0.1) is 0 Å². The molecule has 0 spiro atoms. The second-order valence-corrected chi connectivity index (χ2v) is 4.06. The lowest BCUT2D eigenvalue weighted by Crippen LogP contribution is -2.56. The molecule has 98 valence electrons. The van der Waals surface area contributed by atoms with Crippen LogP contribution in [0.3, 0.4) is 0 Å². The van der Waals surface area contributed by atoms with Crippen LogP contribution in [-0.4, -0.2) is 59.4 Å². The second-order valence-electron chi connectivity index (χ2n) is 4.06. The molecule has 0 aromatic rings. The Morgan fingerprint density at radius 3 is 2.59 bits per heavy atom. The van der Waals surface area contributed by atoms with E-state index in [0.717, 1.165) is 12.8 Å². The van der Waals surface area contributed by atoms with Crippen molar-refractivity contribution >= 4 is 12.2 Å².